The van der Waals surface area contributed by atoms with Crippen molar-refractivity contribution in [3.05, 3.63) is 23.7 Å². The predicted octanol–water partition coefficient (Wildman–Crippen LogP) is 1.79. The van der Waals surface area contributed by atoms with Crippen molar-refractivity contribution in [1.29, 1.82) is 0 Å². The summed E-state index contributed by atoms with van der Waals surface area (Å²) in [6, 6.07) is 3.63. The van der Waals surface area contributed by atoms with E-state index in [1.165, 1.54) is 13.4 Å². The Morgan fingerprint density at radius 2 is 2.21 bits per heavy atom. The number of ether oxygens (including phenoxy) is 1. The van der Waals surface area contributed by atoms with Crippen LogP contribution in [0.1, 0.15) is 0 Å². The number of hydrogen-bond donors (Lipinski definition) is 0. The molecular weight excluding hydrogens is 206 g/mol. The highest BCUT2D eigenvalue weighted by Crippen LogP contribution is 2.18. The third kappa shape index (κ3) is 1.67. The molecule has 0 saturated carbocycles. The Kier molecular flexibility index (Phi) is 2.32. The quantitative estimate of drug-likeness (QED) is 0.758. The molecule has 5 nitrogen and oxygen atoms in total. The summed E-state index contributed by atoms with van der Waals surface area (Å²) in [5.41, 5.74) is 0. The zero-order valence-electron chi connectivity index (χ0n) is 7.27. The largest absolute Gasteiger partial charge is 0.467 e. The van der Waals surface area contributed by atoms with Crippen LogP contribution in [0.4, 0.5) is 0 Å². The van der Waals surface area contributed by atoms with Gasteiger partial charge in [0.2, 0.25) is 11.1 Å². The second kappa shape index (κ2) is 3.63. The van der Waals surface area contributed by atoms with Gasteiger partial charge < -0.3 is 9.15 Å². The Labute approximate surface area is 84.7 Å². The minimum Gasteiger partial charge on any atom is -0.467 e. The van der Waals surface area contributed by atoms with Crippen LogP contribution in [0.15, 0.2) is 22.8 Å². The van der Waals surface area contributed by atoms with Crippen molar-refractivity contribution in [2.24, 2.45) is 0 Å². The van der Waals surface area contributed by atoms with Gasteiger partial charge in [0.15, 0.2) is 5.76 Å². The molecule has 0 aliphatic heterocycles. The molecule has 0 N–H and O–H groups in total. The van der Waals surface area contributed by atoms with Crippen molar-refractivity contribution in [2.75, 3.05) is 7.11 Å². The van der Waals surface area contributed by atoms with E-state index in [1.54, 1.807) is 12.1 Å². The Morgan fingerprint density at radius 1 is 1.36 bits per heavy atom. The van der Waals surface area contributed by atoms with E-state index in [9.17, 15) is 0 Å². The van der Waals surface area contributed by atoms with Gasteiger partial charge in [0.1, 0.15) is 0 Å². The third-order valence-corrected chi connectivity index (χ3v) is 1.68. The van der Waals surface area contributed by atoms with Gasteiger partial charge in [-0.1, -0.05) is 0 Å². The van der Waals surface area contributed by atoms with Gasteiger partial charge in [0, 0.05) is 0 Å². The van der Waals surface area contributed by atoms with Crippen LogP contribution in [0.3, 0.4) is 0 Å². The molecule has 0 spiro atoms. The second-order valence-electron chi connectivity index (χ2n) is 2.39. The number of nitrogens with zero attached hydrogens (tertiary/aromatic N) is 3. The van der Waals surface area contributed by atoms with Gasteiger partial charge in [-0.05, 0) is 23.7 Å². The Morgan fingerprint density at radius 3 is 2.86 bits per heavy atom. The molecule has 0 aliphatic carbocycles. The first-order chi connectivity index (χ1) is 6.79. The minimum absolute atomic E-state index is 0.0725. The number of halogens is 1. The summed E-state index contributed by atoms with van der Waals surface area (Å²) in [5.74, 6) is 0.874. The average Bonchev–Trinajstić information content (AvgIpc) is 2.69. The molecular formula is C8H6ClN3O2. The van der Waals surface area contributed by atoms with Crippen molar-refractivity contribution in [1.82, 2.24) is 15.0 Å². The Balaban J connectivity index is 2.48. The highest BCUT2D eigenvalue weighted by atomic mass is 35.5. The summed E-state index contributed by atoms with van der Waals surface area (Å²) < 4.78 is 9.95. The van der Waals surface area contributed by atoms with Gasteiger partial charge in [-0.3, -0.25) is 0 Å². The molecule has 72 valence electrons. The normalized spacial score (nSPS) is 10.1. The average molecular weight is 212 g/mol. The van der Waals surface area contributed by atoms with Gasteiger partial charge in [-0.2, -0.15) is 15.0 Å². The maximum Gasteiger partial charge on any atom is 0.321 e. The fraction of sp³-hybridized carbons (Fsp3) is 0.125. The Bertz CT molecular complexity index is 430. The van der Waals surface area contributed by atoms with E-state index in [0.717, 1.165) is 0 Å². The van der Waals surface area contributed by atoms with E-state index in [4.69, 9.17) is 20.8 Å². The summed E-state index contributed by atoms with van der Waals surface area (Å²) >= 11 is 5.66. The standard InChI is InChI=1S/C8H6ClN3O2/c1-13-8-11-6(10-7(9)12-8)5-3-2-4-14-5/h2-4H,1H3. The van der Waals surface area contributed by atoms with Crippen molar-refractivity contribution in [3.63, 3.8) is 0 Å². The van der Waals surface area contributed by atoms with Gasteiger partial charge in [-0.25, -0.2) is 0 Å². The SMILES string of the molecule is COc1nc(Cl)nc(-c2ccco2)n1. The lowest BCUT2D eigenvalue weighted by molar-refractivity contribution is 0.378. The minimum atomic E-state index is 0.0725. The molecule has 14 heavy (non-hydrogen) atoms. The molecule has 6 heteroatoms. The lowest BCUT2D eigenvalue weighted by Gasteiger charge is -1.99. The number of hydrogen-bond acceptors (Lipinski definition) is 5. The van der Waals surface area contributed by atoms with E-state index in [-0.39, 0.29) is 11.3 Å². The monoisotopic (exact) mass is 211 g/mol. The van der Waals surface area contributed by atoms with Crippen LogP contribution in [-0.2, 0) is 0 Å². The van der Waals surface area contributed by atoms with Crippen molar-refractivity contribution >= 4 is 11.6 Å². The molecule has 0 aliphatic rings. The molecule has 0 bridgehead atoms. The van der Waals surface area contributed by atoms with E-state index in [2.05, 4.69) is 15.0 Å². The summed E-state index contributed by atoms with van der Waals surface area (Å²) in [4.78, 5) is 11.6. The fourth-order valence-corrected chi connectivity index (χ4v) is 1.09. The van der Waals surface area contributed by atoms with Crippen molar-refractivity contribution < 1.29 is 9.15 Å². The lowest BCUT2D eigenvalue weighted by Crippen LogP contribution is -1.97. The van der Waals surface area contributed by atoms with Crippen LogP contribution in [0.5, 0.6) is 6.01 Å². The van der Waals surface area contributed by atoms with Crippen LogP contribution in [0.25, 0.3) is 11.6 Å². The highest BCUT2D eigenvalue weighted by molar-refractivity contribution is 6.28. The van der Waals surface area contributed by atoms with Crippen molar-refractivity contribution in [2.45, 2.75) is 0 Å². The molecule has 0 saturated heterocycles. The van der Waals surface area contributed by atoms with E-state index < -0.39 is 0 Å². The molecule has 0 atom stereocenters. The van der Waals surface area contributed by atoms with Crippen LogP contribution < -0.4 is 4.74 Å². The molecule has 2 rings (SSSR count). The van der Waals surface area contributed by atoms with E-state index >= 15 is 0 Å². The first kappa shape index (κ1) is 8.96. The smallest absolute Gasteiger partial charge is 0.321 e. The number of aromatic nitrogens is 3. The molecule has 0 fully saturated rings. The molecule has 0 unspecified atom stereocenters. The first-order valence-electron chi connectivity index (χ1n) is 3.79. The number of furan rings is 1. The predicted molar refractivity (Wildman–Crippen MR) is 49.1 cm³/mol. The zero-order valence-corrected chi connectivity index (χ0v) is 8.02. The van der Waals surface area contributed by atoms with E-state index in [0.29, 0.717) is 11.6 Å². The summed E-state index contributed by atoms with van der Waals surface area (Å²) in [6.07, 6.45) is 1.53. The van der Waals surface area contributed by atoms with Gasteiger partial charge in [0.05, 0.1) is 13.4 Å². The van der Waals surface area contributed by atoms with Crippen LogP contribution in [0.2, 0.25) is 5.28 Å². The van der Waals surface area contributed by atoms with Crippen LogP contribution in [-0.4, -0.2) is 22.1 Å². The maximum atomic E-state index is 5.66. The third-order valence-electron chi connectivity index (χ3n) is 1.51. The molecule has 2 aromatic heterocycles. The van der Waals surface area contributed by atoms with Crippen LogP contribution in [0, 0.1) is 0 Å². The first-order valence-corrected chi connectivity index (χ1v) is 4.17. The summed E-state index contributed by atoms with van der Waals surface area (Å²) in [6.45, 7) is 0. The highest BCUT2D eigenvalue weighted by Gasteiger charge is 2.08. The van der Waals surface area contributed by atoms with Crippen LogP contribution >= 0.6 is 11.6 Å². The summed E-state index contributed by atoms with van der Waals surface area (Å²) in [7, 11) is 1.46. The molecule has 0 radical (unpaired) electrons. The summed E-state index contributed by atoms with van der Waals surface area (Å²) in [5, 5.41) is 0.0725. The maximum absolute atomic E-state index is 5.66. The zero-order chi connectivity index (χ0) is 9.97. The van der Waals surface area contributed by atoms with Gasteiger partial charge in [-0.15, -0.1) is 0 Å². The lowest BCUT2D eigenvalue weighted by atomic mass is 10.4. The van der Waals surface area contributed by atoms with Gasteiger partial charge >= 0.3 is 6.01 Å². The number of methoxy groups -OCH3 is 1. The fourth-order valence-electron chi connectivity index (χ4n) is 0.939. The number of rotatable bonds is 2. The molecule has 2 aromatic rings. The van der Waals surface area contributed by atoms with Gasteiger partial charge in [0.25, 0.3) is 0 Å². The van der Waals surface area contributed by atoms with E-state index in [1.807, 2.05) is 0 Å². The molecule has 0 amide bonds. The van der Waals surface area contributed by atoms with Crippen molar-refractivity contribution in [3.8, 4) is 17.6 Å². The Hall–Kier alpha value is -1.62. The topological polar surface area (TPSA) is 61.0 Å². The second-order valence-corrected chi connectivity index (χ2v) is 2.73. The molecule has 2 heterocycles. The molecule has 0 aromatic carbocycles.